The van der Waals surface area contributed by atoms with Crippen LogP contribution in [0.5, 0.6) is 0 Å². The molecule has 3 N–H and O–H groups in total. The number of nitrogen functional groups attached to an aromatic ring is 1. The van der Waals surface area contributed by atoms with Gasteiger partial charge in [-0.3, -0.25) is 19.7 Å². The highest BCUT2D eigenvalue weighted by atomic mass is 16.6. The van der Waals surface area contributed by atoms with Crippen LogP contribution in [0.4, 0.5) is 11.4 Å². The zero-order valence-electron chi connectivity index (χ0n) is 15.6. The number of carbonyl (C=O) groups excluding carboxylic acids is 2. The van der Waals surface area contributed by atoms with Gasteiger partial charge in [0.15, 0.2) is 0 Å². The lowest BCUT2D eigenvalue weighted by molar-refractivity contribution is -0.385. The number of benzene rings is 2. The summed E-state index contributed by atoms with van der Waals surface area (Å²) in [6.07, 6.45) is 0.585. The molecule has 0 saturated carbocycles. The van der Waals surface area contributed by atoms with E-state index < -0.39 is 10.8 Å². The fraction of sp³-hybridized carbons (Fsp3) is 0.200. The number of aryl methyl sites for hydroxylation is 1. The van der Waals surface area contributed by atoms with Gasteiger partial charge in [0.2, 0.25) is 0 Å². The average molecular weight is 380 g/mol. The predicted molar refractivity (Wildman–Crippen MR) is 106 cm³/mol. The molecule has 2 aromatic rings. The van der Waals surface area contributed by atoms with Crippen LogP contribution in [0.15, 0.2) is 36.9 Å². The minimum Gasteiger partial charge on any atom is -0.398 e. The van der Waals surface area contributed by atoms with Crippen LogP contribution in [-0.2, 0) is 13.0 Å². The molecule has 8 heteroatoms. The standard InChI is InChI=1S/C20H20N4O4/c1-4-13-8-12(9-15(21)17(13)19(25)22-3)10-23-11(2)14-6-5-7-16(24(27)28)18(14)20(23)26/h5-9H,2,4,10,21H2,1,3H3,(H,22,25). The Morgan fingerprint density at radius 1 is 1.36 bits per heavy atom. The number of hydrogen-bond acceptors (Lipinski definition) is 5. The third kappa shape index (κ3) is 2.98. The summed E-state index contributed by atoms with van der Waals surface area (Å²) in [5.41, 5.74) is 8.95. The topological polar surface area (TPSA) is 119 Å². The molecule has 3 rings (SSSR count). The molecule has 0 fully saturated rings. The number of hydrogen-bond donors (Lipinski definition) is 2. The lowest BCUT2D eigenvalue weighted by Gasteiger charge is -2.19. The van der Waals surface area contributed by atoms with Crippen molar-refractivity contribution in [2.75, 3.05) is 12.8 Å². The second kappa shape index (κ2) is 7.15. The Morgan fingerprint density at radius 3 is 2.68 bits per heavy atom. The smallest absolute Gasteiger partial charge is 0.282 e. The van der Waals surface area contributed by atoms with E-state index in [0.717, 1.165) is 5.56 Å². The molecule has 8 nitrogen and oxygen atoms in total. The Hall–Kier alpha value is -3.68. The number of anilines is 1. The molecule has 0 saturated heterocycles. The number of carbonyl (C=O) groups is 2. The van der Waals surface area contributed by atoms with Gasteiger partial charge in [0.25, 0.3) is 17.5 Å². The number of rotatable bonds is 5. The summed E-state index contributed by atoms with van der Waals surface area (Å²) < 4.78 is 0. The summed E-state index contributed by atoms with van der Waals surface area (Å²) in [7, 11) is 1.53. The molecule has 1 aliphatic rings. The number of nitrogens with zero attached hydrogens (tertiary/aromatic N) is 2. The van der Waals surface area contributed by atoms with E-state index in [-0.39, 0.29) is 23.7 Å². The van der Waals surface area contributed by atoms with Gasteiger partial charge in [0.05, 0.1) is 17.0 Å². The van der Waals surface area contributed by atoms with Crippen molar-refractivity contribution in [3.63, 3.8) is 0 Å². The molecule has 28 heavy (non-hydrogen) atoms. The average Bonchev–Trinajstić information content (AvgIpc) is 2.91. The molecule has 2 amide bonds. The molecule has 0 aliphatic carbocycles. The normalized spacial score (nSPS) is 12.9. The van der Waals surface area contributed by atoms with Crippen molar-refractivity contribution >= 4 is 28.9 Å². The second-order valence-corrected chi connectivity index (χ2v) is 6.45. The van der Waals surface area contributed by atoms with Crippen molar-refractivity contribution in [2.24, 2.45) is 0 Å². The summed E-state index contributed by atoms with van der Waals surface area (Å²) in [5, 5.41) is 13.9. The Morgan fingerprint density at radius 2 is 2.07 bits per heavy atom. The number of nitrogens with two attached hydrogens (primary N) is 1. The van der Waals surface area contributed by atoms with Crippen molar-refractivity contribution in [2.45, 2.75) is 19.9 Å². The first-order chi connectivity index (χ1) is 13.3. The fourth-order valence-corrected chi connectivity index (χ4v) is 3.48. The van der Waals surface area contributed by atoms with E-state index in [1.54, 1.807) is 12.1 Å². The van der Waals surface area contributed by atoms with Gasteiger partial charge in [0, 0.05) is 30.1 Å². The maximum Gasteiger partial charge on any atom is 0.282 e. The number of nitro groups is 1. The third-order valence-corrected chi connectivity index (χ3v) is 4.82. The second-order valence-electron chi connectivity index (χ2n) is 6.45. The zero-order chi connectivity index (χ0) is 20.6. The Kier molecular flexibility index (Phi) is 4.87. The van der Waals surface area contributed by atoms with Gasteiger partial charge in [-0.1, -0.05) is 31.7 Å². The quantitative estimate of drug-likeness (QED) is 0.470. The summed E-state index contributed by atoms with van der Waals surface area (Å²) in [4.78, 5) is 37.1. The van der Waals surface area contributed by atoms with Crippen LogP contribution in [0.1, 0.15) is 44.3 Å². The molecule has 2 aromatic carbocycles. The molecule has 0 atom stereocenters. The molecule has 0 unspecified atom stereocenters. The molecular formula is C20H20N4O4. The highest BCUT2D eigenvalue weighted by Gasteiger charge is 2.37. The molecule has 1 aliphatic heterocycles. The highest BCUT2D eigenvalue weighted by molar-refractivity contribution is 6.11. The van der Waals surface area contributed by atoms with Crippen molar-refractivity contribution in [3.05, 3.63) is 74.8 Å². The first kappa shape index (κ1) is 19.1. The Balaban J connectivity index is 1.99. The van der Waals surface area contributed by atoms with E-state index in [2.05, 4.69) is 11.9 Å². The van der Waals surface area contributed by atoms with Crippen LogP contribution < -0.4 is 11.1 Å². The van der Waals surface area contributed by atoms with Gasteiger partial charge in [0.1, 0.15) is 5.56 Å². The predicted octanol–water partition coefficient (Wildman–Crippen LogP) is 2.73. The first-order valence-electron chi connectivity index (χ1n) is 8.72. The summed E-state index contributed by atoms with van der Waals surface area (Å²) in [6, 6.07) is 7.94. The van der Waals surface area contributed by atoms with Crippen molar-refractivity contribution < 1.29 is 14.5 Å². The number of nitro benzene ring substituents is 1. The van der Waals surface area contributed by atoms with E-state index in [1.165, 1.54) is 24.1 Å². The lowest BCUT2D eigenvalue weighted by atomic mass is 9.98. The fourth-order valence-electron chi connectivity index (χ4n) is 3.48. The third-order valence-electron chi connectivity index (χ3n) is 4.82. The molecular weight excluding hydrogens is 360 g/mol. The van der Waals surface area contributed by atoms with Crippen LogP contribution in [0.3, 0.4) is 0 Å². The molecule has 144 valence electrons. The van der Waals surface area contributed by atoms with Crippen LogP contribution >= 0.6 is 0 Å². The van der Waals surface area contributed by atoms with Crippen LogP contribution in [-0.4, -0.2) is 28.7 Å². The van der Waals surface area contributed by atoms with Gasteiger partial charge < -0.3 is 16.0 Å². The SMILES string of the molecule is C=C1c2cccc([N+](=O)[O-])c2C(=O)N1Cc1cc(N)c(C(=O)NC)c(CC)c1. The van der Waals surface area contributed by atoms with Crippen molar-refractivity contribution in [1.82, 2.24) is 10.2 Å². The Labute approximate surface area is 161 Å². The van der Waals surface area contributed by atoms with Crippen LogP contribution in [0.2, 0.25) is 0 Å². The highest BCUT2D eigenvalue weighted by Crippen LogP contribution is 2.38. The number of nitrogens with one attached hydrogen (secondary N) is 1. The van der Waals surface area contributed by atoms with Gasteiger partial charge in [-0.15, -0.1) is 0 Å². The first-order valence-corrected chi connectivity index (χ1v) is 8.72. The summed E-state index contributed by atoms with van der Waals surface area (Å²) in [6.45, 7) is 5.99. The van der Waals surface area contributed by atoms with Gasteiger partial charge in [-0.05, 0) is 23.6 Å². The molecule has 1 heterocycles. The number of amides is 2. The lowest BCUT2D eigenvalue weighted by Crippen LogP contribution is -2.24. The van der Waals surface area contributed by atoms with Crippen molar-refractivity contribution in [1.29, 1.82) is 0 Å². The van der Waals surface area contributed by atoms with E-state index in [0.29, 0.717) is 34.5 Å². The summed E-state index contributed by atoms with van der Waals surface area (Å²) >= 11 is 0. The molecule has 0 aromatic heterocycles. The monoisotopic (exact) mass is 380 g/mol. The van der Waals surface area contributed by atoms with E-state index in [9.17, 15) is 19.7 Å². The largest absolute Gasteiger partial charge is 0.398 e. The van der Waals surface area contributed by atoms with Crippen LogP contribution in [0.25, 0.3) is 5.70 Å². The summed E-state index contributed by atoms with van der Waals surface area (Å²) in [5.74, 6) is -0.745. The zero-order valence-corrected chi connectivity index (χ0v) is 15.6. The van der Waals surface area contributed by atoms with Gasteiger partial charge in [-0.2, -0.15) is 0 Å². The maximum absolute atomic E-state index is 12.9. The minimum absolute atomic E-state index is 0.0446. The Bertz CT molecular complexity index is 1030. The van der Waals surface area contributed by atoms with E-state index in [4.69, 9.17) is 5.73 Å². The minimum atomic E-state index is -0.571. The molecule has 0 bridgehead atoms. The van der Waals surface area contributed by atoms with Crippen LogP contribution in [0, 0.1) is 10.1 Å². The van der Waals surface area contributed by atoms with Crippen molar-refractivity contribution in [3.8, 4) is 0 Å². The van der Waals surface area contributed by atoms with E-state index in [1.807, 2.05) is 13.0 Å². The maximum atomic E-state index is 12.9. The number of fused-ring (bicyclic) bond motifs is 1. The van der Waals surface area contributed by atoms with E-state index >= 15 is 0 Å². The van der Waals surface area contributed by atoms with Gasteiger partial charge >= 0.3 is 0 Å². The molecule has 0 spiro atoms. The van der Waals surface area contributed by atoms with Gasteiger partial charge in [-0.25, -0.2) is 0 Å². The molecule has 0 radical (unpaired) electrons.